The lowest BCUT2D eigenvalue weighted by atomic mass is 10.2. The van der Waals surface area contributed by atoms with Gasteiger partial charge in [0.2, 0.25) is 5.91 Å². The molecule has 0 spiro atoms. The standard InChI is InChI=1S/C14H25N3O4/c1-10(2)6-15-12(18)8-16(3)14(21)17(9-13(19)20)7-11-4-5-11/h10-11H,4-9H2,1-3H3,(H,15,18)(H,19,20). The Hall–Kier alpha value is -1.79. The molecule has 1 saturated carbocycles. The van der Waals surface area contributed by atoms with E-state index in [1.807, 2.05) is 13.8 Å². The minimum atomic E-state index is -1.04. The highest BCUT2D eigenvalue weighted by molar-refractivity contribution is 5.85. The molecule has 0 aromatic carbocycles. The Morgan fingerprint density at radius 1 is 1.24 bits per heavy atom. The van der Waals surface area contributed by atoms with E-state index < -0.39 is 12.0 Å². The van der Waals surface area contributed by atoms with Gasteiger partial charge in [-0.15, -0.1) is 0 Å². The minimum Gasteiger partial charge on any atom is -0.480 e. The van der Waals surface area contributed by atoms with Gasteiger partial charge in [0.15, 0.2) is 0 Å². The van der Waals surface area contributed by atoms with Crippen molar-refractivity contribution in [3.63, 3.8) is 0 Å². The summed E-state index contributed by atoms with van der Waals surface area (Å²) in [5, 5.41) is 11.6. The summed E-state index contributed by atoms with van der Waals surface area (Å²) in [6.07, 6.45) is 2.06. The van der Waals surface area contributed by atoms with E-state index in [0.29, 0.717) is 24.9 Å². The normalized spacial score (nSPS) is 13.9. The maximum Gasteiger partial charge on any atom is 0.323 e. The van der Waals surface area contributed by atoms with Crippen LogP contribution in [0, 0.1) is 11.8 Å². The molecule has 0 aliphatic heterocycles. The fourth-order valence-corrected chi connectivity index (χ4v) is 1.88. The molecule has 1 aliphatic rings. The number of carboxylic acids is 1. The second-order valence-electron chi connectivity index (χ2n) is 6.05. The molecule has 0 radical (unpaired) electrons. The summed E-state index contributed by atoms with van der Waals surface area (Å²) in [5.74, 6) is -0.535. The summed E-state index contributed by atoms with van der Waals surface area (Å²) in [7, 11) is 1.51. The monoisotopic (exact) mass is 299 g/mol. The smallest absolute Gasteiger partial charge is 0.323 e. The fraction of sp³-hybridized carbons (Fsp3) is 0.786. The Balaban J connectivity index is 2.47. The van der Waals surface area contributed by atoms with Crippen LogP contribution in [0.4, 0.5) is 4.79 Å². The topological polar surface area (TPSA) is 90.0 Å². The van der Waals surface area contributed by atoms with Crippen molar-refractivity contribution in [1.29, 1.82) is 0 Å². The molecular weight excluding hydrogens is 274 g/mol. The number of nitrogens with one attached hydrogen (secondary N) is 1. The molecule has 0 bridgehead atoms. The number of likely N-dealkylation sites (N-methyl/N-ethyl adjacent to an activating group) is 1. The number of aliphatic carboxylic acids is 1. The zero-order valence-corrected chi connectivity index (χ0v) is 13.0. The van der Waals surface area contributed by atoms with Gasteiger partial charge < -0.3 is 20.2 Å². The van der Waals surface area contributed by atoms with Gasteiger partial charge in [0, 0.05) is 20.1 Å². The molecule has 2 N–H and O–H groups in total. The average Bonchev–Trinajstić information content (AvgIpc) is 3.18. The number of carboxylic acid groups (broad SMARTS) is 1. The highest BCUT2D eigenvalue weighted by atomic mass is 16.4. The van der Waals surface area contributed by atoms with Crippen LogP contribution >= 0.6 is 0 Å². The van der Waals surface area contributed by atoms with Crippen LogP contribution in [0.5, 0.6) is 0 Å². The van der Waals surface area contributed by atoms with E-state index in [1.165, 1.54) is 16.8 Å². The van der Waals surface area contributed by atoms with E-state index in [2.05, 4.69) is 5.32 Å². The van der Waals surface area contributed by atoms with E-state index in [-0.39, 0.29) is 19.0 Å². The van der Waals surface area contributed by atoms with Crippen LogP contribution in [-0.4, -0.2) is 66.0 Å². The van der Waals surface area contributed by atoms with Gasteiger partial charge >= 0.3 is 12.0 Å². The van der Waals surface area contributed by atoms with Gasteiger partial charge in [-0.2, -0.15) is 0 Å². The van der Waals surface area contributed by atoms with Gasteiger partial charge in [0.05, 0.1) is 0 Å². The van der Waals surface area contributed by atoms with Gasteiger partial charge in [-0.05, 0) is 24.7 Å². The van der Waals surface area contributed by atoms with Gasteiger partial charge in [0.1, 0.15) is 13.1 Å². The molecule has 1 aliphatic carbocycles. The molecule has 1 rings (SSSR count). The van der Waals surface area contributed by atoms with Crippen molar-refractivity contribution in [2.45, 2.75) is 26.7 Å². The average molecular weight is 299 g/mol. The molecule has 0 heterocycles. The second-order valence-corrected chi connectivity index (χ2v) is 6.05. The number of hydrogen-bond acceptors (Lipinski definition) is 3. The lowest BCUT2D eigenvalue weighted by molar-refractivity contribution is -0.137. The fourth-order valence-electron chi connectivity index (χ4n) is 1.88. The van der Waals surface area contributed by atoms with E-state index in [0.717, 1.165) is 12.8 Å². The highest BCUT2D eigenvalue weighted by Crippen LogP contribution is 2.29. The number of rotatable bonds is 8. The molecule has 21 heavy (non-hydrogen) atoms. The SMILES string of the molecule is CC(C)CNC(=O)CN(C)C(=O)N(CC(=O)O)CC1CC1. The van der Waals surface area contributed by atoms with Crippen molar-refractivity contribution in [3.8, 4) is 0 Å². The summed E-state index contributed by atoms with van der Waals surface area (Å²) in [4.78, 5) is 37.3. The zero-order valence-electron chi connectivity index (χ0n) is 13.0. The number of hydrogen-bond donors (Lipinski definition) is 2. The Morgan fingerprint density at radius 2 is 1.86 bits per heavy atom. The number of urea groups is 1. The van der Waals surface area contributed by atoms with Crippen LogP contribution < -0.4 is 5.32 Å². The van der Waals surface area contributed by atoms with Crippen LogP contribution in [0.2, 0.25) is 0 Å². The van der Waals surface area contributed by atoms with Crippen LogP contribution in [0.3, 0.4) is 0 Å². The van der Waals surface area contributed by atoms with Crippen molar-refractivity contribution < 1.29 is 19.5 Å². The van der Waals surface area contributed by atoms with E-state index in [9.17, 15) is 14.4 Å². The third kappa shape index (κ3) is 6.97. The van der Waals surface area contributed by atoms with Crippen LogP contribution in [0.15, 0.2) is 0 Å². The Morgan fingerprint density at radius 3 is 2.33 bits per heavy atom. The Bertz CT molecular complexity index is 394. The molecule has 0 saturated heterocycles. The molecule has 0 aromatic rings. The van der Waals surface area contributed by atoms with Crippen LogP contribution in [0.25, 0.3) is 0 Å². The van der Waals surface area contributed by atoms with Crippen molar-refractivity contribution in [2.24, 2.45) is 11.8 Å². The lowest BCUT2D eigenvalue weighted by Crippen LogP contribution is -2.48. The first-order chi connectivity index (χ1) is 9.79. The molecule has 7 heteroatoms. The molecule has 7 nitrogen and oxygen atoms in total. The molecule has 120 valence electrons. The minimum absolute atomic E-state index is 0.0632. The highest BCUT2D eigenvalue weighted by Gasteiger charge is 2.29. The van der Waals surface area contributed by atoms with Crippen molar-refractivity contribution in [1.82, 2.24) is 15.1 Å². The molecule has 0 aromatic heterocycles. The van der Waals surface area contributed by atoms with Crippen LogP contribution in [-0.2, 0) is 9.59 Å². The Labute approximate surface area is 125 Å². The zero-order chi connectivity index (χ0) is 16.0. The van der Waals surface area contributed by atoms with Gasteiger partial charge in [-0.25, -0.2) is 4.79 Å². The third-order valence-corrected chi connectivity index (χ3v) is 3.19. The lowest BCUT2D eigenvalue weighted by Gasteiger charge is -2.26. The number of amides is 3. The molecule has 3 amide bonds. The predicted octanol–water partition coefficient (Wildman–Crippen LogP) is 0.607. The first-order valence-electron chi connectivity index (χ1n) is 7.28. The molecule has 0 atom stereocenters. The van der Waals surface area contributed by atoms with E-state index in [1.54, 1.807) is 0 Å². The van der Waals surface area contributed by atoms with Crippen molar-refractivity contribution >= 4 is 17.9 Å². The summed E-state index contributed by atoms with van der Waals surface area (Å²) >= 11 is 0. The van der Waals surface area contributed by atoms with Gasteiger partial charge in [-0.1, -0.05) is 13.8 Å². The quantitative estimate of drug-likeness (QED) is 0.687. The maximum atomic E-state index is 12.2. The largest absolute Gasteiger partial charge is 0.480 e. The van der Waals surface area contributed by atoms with E-state index in [4.69, 9.17) is 5.11 Å². The Kier molecular flexibility index (Phi) is 6.45. The van der Waals surface area contributed by atoms with Gasteiger partial charge in [0.25, 0.3) is 0 Å². The first-order valence-corrected chi connectivity index (χ1v) is 7.28. The molecule has 1 fully saturated rings. The second kappa shape index (κ2) is 7.85. The third-order valence-electron chi connectivity index (χ3n) is 3.19. The molecular formula is C14H25N3O4. The predicted molar refractivity (Wildman–Crippen MR) is 77.8 cm³/mol. The van der Waals surface area contributed by atoms with Crippen LogP contribution in [0.1, 0.15) is 26.7 Å². The van der Waals surface area contributed by atoms with Gasteiger partial charge in [-0.3, -0.25) is 9.59 Å². The summed E-state index contributed by atoms with van der Waals surface area (Å²) in [6.45, 7) is 4.59. The number of carbonyl (C=O) groups is 3. The maximum absolute atomic E-state index is 12.2. The van der Waals surface area contributed by atoms with Crippen molar-refractivity contribution in [3.05, 3.63) is 0 Å². The van der Waals surface area contributed by atoms with E-state index >= 15 is 0 Å². The first kappa shape index (κ1) is 17.3. The molecule has 0 unspecified atom stereocenters. The number of nitrogens with zero attached hydrogens (tertiary/aromatic N) is 2. The van der Waals surface area contributed by atoms with Crippen molar-refractivity contribution in [2.75, 3.05) is 33.2 Å². The summed E-state index contributed by atoms with van der Waals surface area (Å²) in [5.41, 5.74) is 0. The summed E-state index contributed by atoms with van der Waals surface area (Å²) < 4.78 is 0. The summed E-state index contributed by atoms with van der Waals surface area (Å²) in [6, 6.07) is -0.413. The number of carbonyl (C=O) groups excluding carboxylic acids is 2.